The van der Waals surface area contributed by atoms with Gasteiger partial charge in [-0.15, -0.1) is 11.3 Å². The van der Waals surface area contributed by atoms with E-state index in [1.807, 2.05) is 31.2 Å². The number of anilines is 1. The SMILES string of the molecule is CN=C(NCc1cccc(NC(=O)Cn2cccn2)c1)NCc1nc(C)c(C)s1. The molecule has 0 saturated carbocycles. The first-order valence-corrected chi connectivity index (χ1v) is 10.1. The zero-order valence-corrected chi connectivity index (χ0v) is 17.6. The molecule has 0 saturated heterocycles. The predicted molar refractivity (Wildman–Crippen MR) is 116 cm³/mol. The van der Waals surface area contributed by atoms with Gasteiger partial charge < -0.3 is 16.0 Å². The van der Waals surface area contributed by atoms with E-state index in [0.29, 0.717) is 19.0 Å². The summed E-state index contributed by atoms with van der Waals surface area (Å²) in [6.07, 6.45) is 3.41. The van der Waals surface area contributed by atoms with Crippen LogP contribution in [-0.2, 0) is 24.4 Å². The highest BCUT2D eigenvalue weighted by atomic mass is 32.1. The minimum Gasteiger partial charge on any atom is -0.352 e. The van der Waals surface area contributed by atoms with Gasteiger partial charge in [0.15, 0.2) is 5.96 Å². The maximum atomic E-state index is 12.1. The summed E-state index contributed by atoms with van der Waals surface area (Å²) in [4.78, 5) is 22.1. The van der Waals surface area contributed by atoms with Crippen LogP contribution in [0.1, 0.15) is 21.1 Å². The molecule has 0 unspecified atom stereocenters. The lowest BCUT2D eigenvalue weighted by Gasteiger charge is -2.12. The summed E-state index contributed by atoms with van der Waals surface area (Å²) in [5.74, 6) is 0.578. The van der Waals surface area contributed by atoms with Gasteiger partial charge >= 0.3 is 0 Å². The molecule has 2 aromatic heterocycles. The van der Waals surface area contributed by atoms with Gasteiger partial charge in [0, 0.05) is 36.6 Å². The third-order valence-corrected chi connectivity index (χ3v) is 5.31. The minimum atomic E-state index is -0.120. The van der Waals surface area contributed by atoms with Gasteiger partial charge in [-0.05, 0) is 37.6 Å². The van der Waals surface area contributed by atoms with E-state index in [0.717, 1.165) is 22.0 Å². The fourth-order valence-corrected chi connectivity index (χ4v) is 3.55. The Bertz CT molecular complexity index is 959. The number of hydrogen-bond acceptors (Lipinski definition) is 5. The molecule has 0 atom stereocenters. The molecule has 1 aromatic carbocycles. The van der Waals surface area contributed by atoms with E-state index in [-0.39, 0.29) is 12.5 Å². The smallest absolute Gasteiger partial charge is 0.246 e. The van der Waals surface area contributed by atoms with Gasteiger partial charge in [0.05, 0.1) is 12.2 Å². The van der Waals surface area contributed by atoms with Crippen molar-refractivity contribution >= 4 is 28.9 Å². The van der Waals surface area contributed by atoms with Crippen LogP contribution in [0.25, 0.3) is 0 Å². The normalized spacial score (nSPS) is 11.3. The number of carbonyl (C=O) groups is 1. The van der Waals surface area contributed by atoms with Crippen LogP contribution in [0.4, 0.5) is 5.69 Å². The number of hydrogen-bond donors (Lipinski definition) is 3. The highest BCUT2D eigenvalue weighted by Gasteiger charge is 2.06. The van der Waals surface area contributed by atoms with Crippen molar-refractivity contribution in [3.8, 4) is 0 Å². The summed E-state index contributed by atoms with van der Waals surface area (Å²) < 4.78 is 1.59. The van der Waals surface area contributed by atoms with Gasteiger partial charge in [-0.2, -0.15) is 5.10 Å². The Balaban J connectivity index is 1.50. The molecule has 0 spiro atoms. The van der Waals surface area contributed by atoms with Crippen molar-refractivity contribution in [2.45, 2.75) is 33.5 Å². The van der Waals surface area contributed by atoms with Crippen LogP contribution in [0.5, 0.6) is 0 Å². The summed E-state index contributed by atoms with van der Waals surface area (Å²) in [6.45, 7) is 5.48. The molecule has 3 aromatic rings. The number of carbonyl (C=O) groups excluding carboxylic acids is 1. The molecule has 0 bridgehead atoms. The van der Waals surface area contributed by atoms with Gasteiger partial charge in [-0.25, -0.2) is 4.98 Å². The topological polar surface area (TPSA) is 96.2 Å². The number of aryl methyl sites for hydroxylation is 2. The first-order valence-electron chi connectivity index (χ1n) is 9.27. The van der Waals surface area contributed by atoms with Gasteiger partial charge in [-0.3, -0.25) is 14.5 Å². The average molecular weight is 412 g/mol. The fraction of sp³-hybridized carbons (Fsp3) is 0.300. The summed E-state index contributed by atoms with van der Waals surface area (Å²) in [5.41, 5.74) is 2.85. The van der Waals surface area contributed by atoms with Crippen LogP contribution in [0, 0.1) is 13.8 Å². The monoisotopic (exact) mass is 411 g/mol. The summed E-state index contributed by atoms with van der Waals surface area (Å²) in [7, 11) is 1.74. The van der Waals surface area contributed by atoms with Crippen molar-refractivity contribution in [2.75, 3.05) is 12.4 Å². The second-order valence-electron chi connectivity index (χ2n) is 6.48. The largest absolute Gasteiger partial charge is 0.352 e. The molecule has 3 rings (SSSR count). The third kappa shape index (κ3) is 6.15. The Labute approximate surface area is 174 Å². The van der Waals surface area contributed by atoms with Crippen LogP contribution in [0.3, 0.4) is 0 Å². The fourth-order valence-electron chi connectivity index (χ4n) is 2.68. The number of benzene rings is 1. The first kappa shape index (κ1) is 20.5. The number of aromatic nitrogens is 3. The minimum absolute atomic E-state index is 0.120. The maximum absolute atomic E-state index is 12.1. The molecule has 0 aliphatic rings. The van der Waals surface area contributed by atoms with Crippen LogP contribution < -0.4 is 16.0 Å². The molecule has 0 aliphatic heterocycles. The molecule has 1 amide bonds. The third-order valence-electron chi connectivity index (χ3n) is 4.24. The summed E-state index contributed by atoms with van der Waals surface area (Å²) in [6, 6.07) is 9.51. The molecular formula is C20H25N7OS. The molecule has 29 heavy (non-hydrogen) atoms. The van der Waals surface area contributed by atoms with E-state index >= 15 is 0 Å². The lowest BCUT2D eigenvalue weighted by atomic mass is 10.2. The van der Waals surface area contributed by atoms with Crippen molar-refractivity contribution in [1.82, 2.24) is 25.4 Å². The number of guanidine groups is 1. The zero-order chi connectivity index (χ0) is 20.6. The second-order valence-corrected chi connectivity index (χ2v) is 7.77. The van der Waals surface area contributed by atoms with Crippen molar-refractivity contribution in [2.24, 2.45) is 4.99 Å². The number of thiazole rings is 1. The van der Waals surface area contributed by atoms with Crippen molar-refractivity contribution in [3.63, 3.8) is 0 Å². The Morgan fingerprint density at radius 1 is 1.21 bits per heavy atom. The number of aliphatic imine (C=N–C) groups is 1. The van der Waals surface area contributed by atoms with Crippen LogP contribution >= 0.6 is 11.3 Å². The van der Waals surface area contributed by atoms with Crippen LogP contribution in [0.2, 0.25) is 0 Å². The predicted octanol–water partition coefficient (Wildman–Crippen LogP) is 2.46. The van der Waals surface area contributed by atoms with Crippen molar-refractivity contribution in [1.29, 1.82) is 0 Å². The standard InChI is InChI=1S/C20H25N7OS/c1-14-15(2)29-19(25-14)12-23-20(21-3)22-11-16-6-4-7-17(10-16)26-18(28)13-27-9-5-8-24-27/h4-10H,11-13H2,1-3H3,(H,26,28)(H2,21,22,23). The molecule has 0 aliphatic carbocycles. The molecular weight excluding hydrogens is 386 g/mol. The van der Waals surface area contributed by atoms with Gasteiger partial charge in [0.2, 0.25) is 5.91 Å². The highest BCUT2D eigenvalue weighted by Crippen LogP contribution is 2.16. The zero-order valence-electron chi connectivity index (χ0n) is 16.8. The summed E-state index contributed by atoms with van der Waals surface area (Å²) in [5, 5.41) is 14.5. The van der Waals surface area contributed by atoms with Crippen LogP contribution in [-0.4, -0.2) is 33.7 Å². The maximum Gasteiger partial charge on any atom is 0.246 e. The quantitative estimate of drug-likeness (QED) is 0.410. The second kappa shape index (κ2) is 9.83. The van der Waals surface area contributed by atoms with Gasteiger partial charge in [-0.1, -0.05) is 12.1 Å². The Hall–Kier alpha value is -3.20. The Kier molecular flexibility index (Phi) is 6.96. The van der Waals surface area contributed by atoms with Gasteiger partial charge in [0.1, 0.15) is 11.6 Å². The van der Waals surface area contributed by atoms with E-state index in [1.54, 1.807) is 41.5 Å². The number of rotatable bonds is 7. The average Bonchev–Trinajstić information content (AvgIpc) is 3.31. The van der Waals surface area contributed by atoms with Crippen molar-refractivity contribution in [3.05, 3.63) is 63.9 Å². The molecule has 8 nitrogen and oxygen atoms in total. The lowest BCUT2D eigenvalue weighted by Crippen LogP contribution is -2.36. The Morgan fingerprint density at radius 3 is 2.72 bits per heavy atom. The van der Waals surface area contributed by atoms with E-state index in [4.69, 9.17) is 0 Å². The molecule has 2 heterocycles. The molecule has 9 heteroatoms. The number of nitrogens with one attached hydrogen (secondary N) is 3. The lowest BCUT2D eigenvalue weighted by molar-refractivity contribution is -0.116. The van der Waals surface area contributed by atoms with E-state index < -0.39 is 0 Å². The molecule has 0 fully saturated rings. The van der Waals surface area contributed by atoms with Gasteiger partial charge in [0.25, 0.3) is 0 Å². The van der Waals surface area contributed by atoms with E-state index in [1.165, 1.54) is 4.88 Å². The van der Waals surface area contributed by atoms with E-state index in [2.05, 4.69) is 37.9 Å². The number of amides is 1. The Morgan fingerprint density at radius 2 is 2.03 bits per heavy atom. The first-order chi connectivity index (χ1) is 14.0. The van der Waals surface area contributed by atoms with Crippen molar-refractivity contribution < 1.29 is 4.79 Å². The molecule has 0 radical (unpaired) electrons. The molecule has 152 valence electrons. The van der Waals surface area contributed by atoms with Crippen LogP contribution in [0.15, 0.2) is 47.7 Å². The highest BCUT2D eigenvalue weighted by molar-refractivity contribution is 7.11. The summed E-state index contributed by atoms with van der Waals surface area (Å²) >= 11 is 1.69. The number of nitrogens with zero attached hydrogens (tertiary/aromatic N) is 4. The van der Waals surface area contributed by atoms with E-state index in [9.17, 15) is 4.79 Å². The molecule has 3 N–H and O–H groups in total.